The number of halogens is 1. The number of nitrogens with one attached hydrogen (secondary N) is 1. The van der Waals surface area contributed by atoms with Crippen molar-refractivity contribution >= 4 is 11.8 Å². The molecule has 1 aliphatic rings. The molecule has 0 aromatic heterocycles. The van der Waals surface area contributed by atoms with E-state index in [2.05, 4.69) is 10.1 Å². The number of alkyl halides is 1. The van der Waals surface area contributed by atoms with Crippen LogP contribution < -0.4 is 5.32 Å². The molecule has 1 fully saturated rings. The van der Waals surface area contributed by atoms with E-state index >= 15 is 0 Å². The highest BCUT2D eigenvalue weighted by Crippen LogP contribution is 2.12. The van der Waals surface area contributed by atoms with Gasteiger partial charge in [-0.2, -0.15) is 0 Å². The normalized spacial score (nSPS) is 26.1. The number of carbonyl (C=O) groups is 2. The van der Waals surface area contributed by atoms with Gasteiger partial charge >= 0.3 is 5.97 Å². The zero-order valence-electron chi connectivity index (χ0n) is 8.09. The average Bonchev–Trinajstić information content (AvgIpc) is 2.52. The third-order valence-electron chi connectivity index (χ3n) is 2.09. The van der Waals surface area contributed by atoms with Crippen LogP contribution in [-0.4, -0.2) is 37.1 Å². The molecular formula is C9H14FNO3. The van der Waals surface area contributed by atoms with E-state index in [4.69, 9.17) is 0 Å². The number of ether oxygens (including phenoxy) is 1. The first-order valence-electron chi connectivity index (χ1n) is 4.69. The molecule has 0 amide bonds. The molecule has 0 radical (unpaired) electrons. The molecule has 0 spiro atoms. The highest BCUT2D eigenvalue weighted by atomic mass is 19.1. The van der Waals surface area contributed by atoms with E-state index in [1.807, 2.05) is 0 Å². The van der Waals surface area contributed by atoms with E-state index in [-0.39, 0.29) is 31.8 Å². The van der Waals surface area contributed by atoms with Crippen molar-refractivity contribution in [3.63, 3.8) is 0 Å². The first-order chi connectivity index (χ1) is 6.63. The van der Waals surface area contributed by atoms with Gasteiger partial charge < -0.3 is 10.1 Å². The van der Waals surface area contributed by atoms with Gasteiger partial charge in [0, 0.05) is 13.0 Å². The molecule has 1 aliphatic heterocycles. The summed E-state index contributed by atoms with van der Waals surface area (Å²) in [6.45, 7) is 2.13. The highest BCUT2D eigenvalue weighted by molar-refractivity contribution is 5.98. The van der Waals surface area contributed by atoms with Crippen LogP contribution in [0.1, 0.15) is 19.8 Å². The van der Waals surface area contributed by atoms with Crippen LogP contribution in [0.4, 0.5) is 4.39 Å². The Kier molecular flexibility index (Phi) is 4.00. The number of esters is 1. The molecule has 1 rings (SSSR count). The lowest BCUT2D eigenvalue weighted by molar-refractivity contribution is -0.145. The topological polar surface area (TPSA) is 55.4 Å². The first-order valence-corrected chi connectivity index (χ1v) is 4.69. The fourth-order valence-corrected chi connectivity index (χ4v) is 1.42. The molecule has 0 bridgehead atoms. The van der Waals surface area contributed by atoms with Crippen LogP contribution in [0.15, 0.2) is 0 Å². The van der Waals surface area contributed by atoms with Crippen LogP contribution >= 0.6 is 0 Å². The van der Waals surface area contributed by atoms with Gasteiger partial charge in [0.15, 0.2) is 5.78 Å². The third-order valence-corrected chi connectivity index (χ3v) is 2.09. The van der Waals surface area contributed by atoms with Crippen LogP contribution in [0.2, 0.25) is 0 Å². The fourth-order valence-electron chi connectivity index (χ4n) is 1.42. The van der Waals surface area contributed by atoms with Crippen molar-refractivity contribution in [2.75, 3.05) is 13.2 Å². The lowest BCUT2D eigenvalue weighted by atomic mass is 10.1. The summed E-state index contributed by atoms with van der Waals surface area (Å²) < 4.78 is 17.3. The number of hydrogen-bond donors (Lipinski definition) is 1. The Morgan fingerprint density at radius 2 is 2.29 bits per heavy atom. The summed E-state index contributed by atoms with van der Waals surface area (Å²) >= 11 is 0. The van der Waals surface area contributed by atoms with Crippen LogP contribution in [-0.2, 0) is 14.3 Å². The summed E-state index contributed by atoms with van der Waals surface area (Å²) in [5.41, 5.74) is 0. The van der Waals surface area contributed by atoms with Gasteiger partial charge in [-0.15, -0.1) is 0 Å². The zero-order chi connectivity index (χ0) is 10.6. The summed E-state index contributed by atoms with van der Waals surface area (Å²) in [5, 5.41) is 2.72. The smallest absolute Gasteiger partial charge is 0.313 e. The predicted octanol–water partition coefficient (Wildman–Crippen LogP) is 0.209. The second-order valence-corrected chi connectivity index (χ2v) is 3.24. The van der Waals surface area contributed by atoms with Crippen molar-refractivity contribution in [3.05, 3.63) is 0 Å². The lowest BCUT2D eigenvalue weighted by Gasteiger charge is -2.07. The van der Waals surface area contributed by atoms with Crippen molar-refractivity contribution in [1.82, 2.24) is 5.32 Å². The molecular weight excluding hydrogens is 189 g/mol. The molecule has 2 atom stereocenters. The Hall–Kier alpha value is -0.970. The fraction of sp³-hybridized carbons (Fsp3) is 0.778. The van der Waals surface area contributed by atoms with E-state index in [0.717, 1.165) is 0 Å². The molecule has 0 saturated carbocycles. The van der Waals surface area contributed by atoms with E-state index in [9.17, 15) is 14.0 Å². The minimum atomic E-state index is -0.980. The van der Waals surface area contributed by atoms with Crippen molar-refractivity contribution in [1.29, 1.82) is 0 Å². The van der Waals surface area contributed by atoms with E-state index in [0.29, 0.717) is 0 Å². The van der Waals surface area contributed by atoms with Crippen molar-refractivity contribution in [2.24, 2.45) is 0 Å². The molecule has 5 heteroatoms. The Labute approximate surface area is 81.8 Å². The van der Waals surface area contributed by atoms with Crippen LogP contribution in [0.5, 0.6) is 0 Å². The summed E-state index contributed by atoms with van der Waals surface area (Å²) in [5.74, 6) is -0.829. The number of Topliss-reactive ketones (excluding diaryl/α,β-unsaturated/α-hetero) is 1. The standard InChI is InChI=1S/C9H14FNO3/c1-2-14-9(13)4-8(12)7-3-6(10)5-11-7/h6-7,11H,2-5H2,1H3/t6-,7+/m1/s1. The number of ketones is 1. The number of hydrogen-bond acceptors (Lipinski definition) is 4. The maximum absolute atomic E-state index is 12.7. The summed E-state index contributed by atoms with van der Waals surface area (Å²) in [6, 6.07) is -0.519. The van der Waals surface area contributed by atoms with E-state index in [1.165, 1.54) is 0 Å². The lowest BCUT2D eigenvalue weighted by Crippen LogP contribution is -2.32. The molecule has 0 aliphatic carbocycles. The Balaban J connectivity index is 2.31. The minimum absolute atomic E-state index is 0.165. The number of rotatable bonds is 4. The van der Waals surface area contributed by atoms with Gasteiger partial charge in [0.05, 0.1) is 12.6 Å². The van der Waals surface area contributed by atoms with Crippen molar-refractivity contribution in [2.45, 2.75) is 32.0 Å². The van der Waals surface area contributed by atoms with Gasteiger partial charge in [-0.25, -0.2) is 4.39 Å². The van der Waals surface area contributed by atoms with Gasteiger partial charge in [0.2, 0.25) is 0 Å². The zero-order valence-corrected chi connectivity index (χ0v) is 8.09. The van der Waals surface area contributed by atoms with Gasteiger partial charge in [-0.1, -0.05) is 0 Å². The van der Waals surface area contributed by atoms with Gasteiger partial charge in [-0.05, 0) is 6.92 Å². The average molecular weight is 203 g/mol. The predicted molar refractivity (Wildman–Crippen MR) is 47.6 cm³/mol. The van der Waals surface area contributed by atoms with Crippen LogP contribution in [0.25, 0.3) is 0 Å². The molecule has 4 nitrogen and oxygen atoms in total. The highest BCUT2D eigenvalue weighted by Gasteiger charge is 2.30. The quantitative estimate of drug-likeness (QED) is 0.524. The molecule has 1 heterocycles. The van der Waals surface area contributed by atoms with E-state index in [1.54, 1.807) is 6.92 Å². The molecule has 0 aromatic rings. The Bertz CT molecular complexity index is 232. The SMILES string of the molecule is CCOC(=O)CC(=O)[C@@H]1C[C@@H](F)CN1. The summed E-state index contributed by atoms with van der Waals surface area (Å²) in [6.07, 6.45) is -1.08. The molecule has 1 N–H and O–H groups in total. The van der Waals surface area contributed by atoms with Gasteiger partial charge in [0.1, 0.15) is 12.6 Å². The molecule has 80 valence electrons. The van der Waals surface area contributed by atoms with Crippen molar-refractivity contribution in [3.8, 4) is 0 Å². The third kappa shape index (κ3) is 3.06. The van der Waals surface area contributed by atoms with E-state index < -0.39 is 18.2 Å². The van der Waals surface area contributed by atoms with Crippen LogP contribution in [0.3, 0.4) is 0 Å². The second kappa shape index (κ2) is 5.05. The largest absolute Gasteiger partial charge is 0.466 e. The Morgan fingerprint density at radius 3 is 2.79 bits per heavy atom. The molecule has 1 saturated heterocycles. The second-order valence-electron chi connectivity index (χ2n) is 3.24. The van der Waals surface area contributed by atoms with Crippen molar-refractivity contribution < 1.29 is 18.7 Å². The Morgan fingerprint density at radius 1 is 1.57 bits per heavy atom. The van der Waals surface area contributed by atoms with Gasteiger partial charge in [-0.3, -0.25) is 9.59 Å². The summed E-state index contributed by atoms with van der Waals surface area (Å²) in [7, 11) is 0. The van der Waals surface area contributed by atoms with Crippen LogP contribution in [0, 0.1) is 0 Å². The monoisotopic (exact) mass is 203 g/mol. The maximum Gasteiger partial charge on any atom is 0.313 e. The minimum Gasteiger partial charge on any atom is -0.466 e. The number of carbonyl (C=O) groups excluding carboxylic acids is 2. The molecule has 0 unspecified atom stereocenters. The first kappa shape index (κ1) is 11.1. The summed E-state index contributed by atoms with van der Waals surface area (Å²) in [4.78, 5) is 22.3. The molecule has 0 aromatic carbocycles. The van der Waals surface area contributed by atoms with Gasteiger partial charge in [0.25, 0.3) is 0 Å². The molecule has 14 heavy (non-hydrogen) atoms. The maximum atomic E-state index is 12.7.